The molecular weight excluding hydrogens is 436 g/mol. The van der Waals surface area contributed by atoms with Gasteiger partial charge >= 0.3 is 0 Å². The average Bonchev–Trinajstić information content (AvgIpc) is 3.53. The third-order valence-corrected chi connectivity index (χ3v) is 6.99. The van der Waals surface area contributed by atoms with Crippen LogP contribution in [0.4, 0.5) is 5.95 Å². The van der Waals surface area contributed by atoms with Gasteiger partial charge in [0.1, 0.15) is 10.5 Å². The normalized spacial score (nSPS) is 16.3. The molecule has 0 bridgehead atoms. The van der Waals surface area contributed by atoms with E-state index in [-0.39, 0.29) is 17.4 Å². The fraction of sp³-hybridized carbons (Fsp3) is 0.320. The molecule has 5 rings (SSSR count). The predicted molar refractivity (Wildman–Crippen MR) is 130 cm³/mol. The van der Waals surface area contributed by atoms with E-state index in [1.807, 2.05) is 42.6 Å². The van der Waals surface area contributed by atoms with Crippen LogP contribution in [0.1, 0.15) is 29.7 Å². The van der Waals surface area contributed by atoms with Gasteiger partial charge in [-0.05, 0) is 48.9 Å². The van der Waals surface area contributed by atoms with Crippen molar-refractivity contribution < 1.29 is 9.21 Å². The first-order chi connectivity index (χ1) is 16.1. The van der Waals surface area contributed by atoms with Gasteiger partial charge in [-0.15, -0.1) is 11.3 Å². The number of hydrogen-bond donors (Lipinski definition) is 1. The first kappa shape index (κ1) is 21.5. The number of anilines is 1. The first-order valence-corrected chi connectivity index (χ1v) is 12.0. The highest BCUT2D eigenvalue weighted by molar-refractivity contribution is 7.17. The molecule has 4 heterocycles. The largest absolute Gasteiger partial charge is 0.467 e. The van der Waals surface area contributed by atoms with Crippen LogP contribution in [-0.4, -0.2) is 28.5 Å². The van der Waals surface area contributed by atoms with Gasteiger partial charge in [0.05, 0.1) is 30.8 Å². The summed E-state index contributed by atoms with van der Waals surface area (Å²) >= 11 is 1.42. The molecule has 0 spiro atoms. The summed E-state index contributed by atoms with van der Waals surface area (Å²) in [5.41, 5.74) is 2.91. The minimum atomic E-state index is -0.170. The number of aryl methyl sites for hydroxylation is 1. The first-order valence-electron chi connectivity index (χ1n) is 11.2. The Kier molecular flexibility index (Phi) is 6.00. The van der Waals surface area contributed by atoms with Crippen LogP contribution in [0.2, 0.25) is 0 Å². The molecule has 33 heavy (non-hydrogen) atoms. The van der Waals surface area contributed by atoms with Gasteiger partial charge in [-0.3, -0.25) is 14.2 Å². The summed E-state index contributed by atoms with van der Waals surface area (Å²) in [7, 11) is 0. The van der Waals surface area contributed by atoms with Gasteiger partial charge in [-0.2, -0.15) is 0 Å². The molecule has 0 aliphatic carbocycles. The lowest BCUT2D eigenvalue weighted by atomic mass is 9.97. The van der Waals surface area contributed by atoms with Crippen LogP contribution in [0.3, 0.4) is 0 Å². The lowest BCUT2D eigenvalue weighted by molar-refractivity contribution is -0.125. The molecule has 0 saturated carbocycles. The average molecular weight is 463 g/mol. The molecule has 1 aliphatic heterocycles. The molecule has 1 aromatic carbocycles. The Labute approximate surface area is 195 Å². The SMILES string of the molecule is Cc1ccc(Cn2c(N3CCC[C@@H](C(=O)NCc4ccco4)C3)nc3ccsc3c2=O)cc1. The standard InChI is InChI=1S/C25H26N4O3S/c1-17-6-8-18(9-7-17)15-29-24(31)22-21(10-13-33-22)27-25(29)28-11-2-4-19(16-28)23(30)26-14-20-5-3-12-32-20/h3,5-10,12-13,19H,2,4,11,14-16H2,1H3,(H,26,30)/t19-/m1/s1. The third kappa shape index (κ3) is 4.57. The molecule has 1 aliphatic rings. The molecule has 0 radical (unpaired) electrons. The smallest absolute Gasteiger partial charge is 0.273 e. The topological polar surface area (TPSA) is 80.4 Å². The van der Waals surface area contributed by atoms with E-state index in [2.05, 4.69) is 22.3 Å². The van der Waals surface area contributed by atoms with Crippen molar-refractivity contribution in [2.24, 2.45) is 5.92 Å². The summed E-state index contributed by atoms with van der Waals surface area (Å²) in [6.45, 7) is 4.16. The number of furan rings is 1. The van der Waals surface area contributed by atoms with Crippen molar-refractivity contribution >= 4 is 33.4 Å². The molecule has 0 unspecified atom stereocenters. The molecule has 8 heteroatoms. The van der Waals surface area contributed by atoms with Crippen molar-refractivity contribution in [3.05, 3.63) is 81.3 Å². The second-order valence-electron chi connectivity index (χ2n) is 8.51. The highest BCUT2D eigenvalue weighted by Crippen LogP contribution is 2.25. The number of rotatable bonds is 6. The second-order valence-corrected chi connectivity index (χ2v) is 9.42. The molecule has 170 valence electrons. The van der Waals surface area contributed by atoms with E-state index in [0.29, 0.717) is 35.8 Å². The maximum Gasteiger partial charge on any atom is 0.273 e. The monoisotopic (exact) mass is 462 g/mol. The summed E-state index contributed by atoms with van der Waals surface area (Å²) in [6.07, 6.45) is 3.27. The van der Waals surface area contributed by atoms with Crippen molar-refractivity contribution in [2.45, 2.75) is 32.9 Å². The number of carbonyl (C=O) groups excluding carboxylic acids is 1. The van der Waals surface area contributed by atoms with Crippen LogP contribution >= 0.6 is 11.3 Å². The number of aromatic nitrogens is 2. The van der Waals surface area contributed by atoms with Crippen molar-refractivity contribution in [1.29, 1.82) is 0 Å². The quantitative estimate of drug-likeness (QED) is 0.469. The number of nitrogens with zero attached hydrogens (tertiary/aromatic N) is 3. The van der Waals surface area contributed by atoms with Crippen LogP contribution in [0.5, 0.6) is 0 Å². The van der Waals surface area contributed by atoms with E-state index < -0.39 is 0 Å². The van der Waals surface area contributed by atoms with E-state index in [1.54, 1.807) is 10.8 Å². The number of thiophene rings is 1. The zero-order chi connectivity index (χ0) is 22.8. The number of nitrogens with one attached hydrogen (secondary N) is 1. The zero-order valence-corrected chi connectivity index (χ0v) is 19.3. The number of hydrogen-bond acceptors (Lipinski definition) is 6. The molecule has 1 atom stereocenters. The molecular formula is C25H26N4O3S. The minimum Gasteiger partial charge on any atom is -0.467 e. The minimum absolute atomic E-state index is 0.000132. The Hall–Kier alpha value is -3.39. The Morgan fingerprint density at radius 2 is 2.09 bits per heavy atom. The fourth-order valence-electron chi connectivity index (χ4n) is 4.30. The number of carbonyl (C=O) groups is 1. The van der Waals surface area contributed by atoms with Gasteiger partial charge in [0.25, 0.3) is 5.56 Å². The Bertz CT molecular complexity index is 1310. The summed E-state index contributed by atoms with van der Waals surface area (Å²) in [4.78, 5) is 33.2. The van der Waals surface area contributed by atoms with Crippen molar-refractivity contribution in [3.63, 3.8) is 0 Å². The summed E-state index contributed by atoms with van der Waals surface area (Å²) < 4.78 is 7.73. The van der Waals surface area contributed by atoms with Crippen LogP contribution in [0, 0.1) is 12.8 Å². The lowest BCUT2D eigenvalue weighted by Gasteiger charge is -2.34. The molecule has 7 nitrogen and oxygen atoms in total. The van der Waals surface area contributed by atoms with Gasteiger partial charge < -0.3 is 14.6 Å². The van der Waals surface area contributed by atoms with Gasteiger partial charge in [0.2, 0.25) is 11.9 Å². The van der Waals surface area contributed by atoms with Crippen LogP contribution in [0.15, 0.2) is 63.3 Å². The van der Waals surface area contributed by atoms with Crippen molar-refractivity contribution in [1.82, 2.24) is 14.9 Å². The van der Waals surface area contributed by atoms with E-state index >= 15 is 0 Å². The number of benzene rings is 1. The van der Waals surface area contributed by atoms with E-state index in [4.69, 9.17) is 9.40 Å². The second kappa shape index (κ2) is 9.23. The maximum absolute atomic E-state index is 13.4. The highest BCUT2D eigenvalue weighted by atomic mass is 32.1. The number of fused-ring (bicyclic) bond motifs is 1. The van der Waals surface area contributed by atoms with Crippen LogP contribution in [-0.2, 0) is 17.9 Å². The molecule has 3 aromatic heterocycles. The van der Waals surface area contributed by atoms with E-state index in [9.17, 15) is 9.59 Å². The number of amides is 1. The molecule has 4 aromatic rings. The van der Waals surface area contributed by atoms with Crippen LogP contribution < -0.4 is 15.8 Å². The maximum atomic E-state index is 13.4. The van der Waals surface area contributed by atoms with Gasteiger partial charge in [0.15, 0.2) is 0 Å². The zero-order valence-electron chi connectivity index (χ0n) is 18.5. The van der Waals surface area contributed by atoms with E-state index in [1.165, 1.54) is 16.9 Å². The number of piperidine rings is 1. The third-order valence-electron chi connectivity index (χ3n) is 6.10. The lowest BCUT2D eigenvalue weighted by Crippen LogP contribution is -2.45. The van der Waals surface area contributed by atoms with Crippen LogP contribution in [0.25, 0.3) is 10.2 Å². The fourth-order valence-corrected chi connectivity index (χ4v) is 5.08. The summed E-state index contributed by atoms with van der Waals surface area (Å²) in [5, 5.41) is 4.88. The predicted octanol–water partition coefficient (Wildman–Crippen LogP) is 3.94. The summed E-state index contributed by atoms with van der Waals surface area (Å²) in [5.74, 6) is 1.19. The Balaban J connectivity index is 1.42. The molecule has 1 fully saturated rings. The van der Waals surface area contributed by atoms with Gasteiger partial charge in [-0.25, -0.2) is 4.98 Å². The van der Waals surface area contributed by atoms with E-state index in [0.717, 1.165) is 30.7 Å². The molecule has 1 N–H and O–H groups in total. The molecule has 1 saturated heterocycles. The van der Waals surface area contributed by atoms with Gasteiger partial charge in [0, 0.05) is 13.1 Å². The van der Waals surface area contributed by atoms with Gasteiger partial charge in [-0.1, -0.05) is 29.8 Å². The summed E-state index contributed by atoms with van der Waals surface area (Å²) in [6, 6.07) is 13.7. The molecule has 1 amide bonds. The van der Waals surface area contributed by atoms with Crippen molar-refractivity contribution in [3.8, 4) is 0 Å². The van der Waals surface area contributed by atoms with Crippen molar-refractivity contribution in [2.75, 3.05) is 18.0 Å². The Morgan fingerprint density at radius 1 is 1.24 bits per heavy atom. The Morgan fingerprint density at radius 3 is 2.88 bits per heavy atom. The highest BCUT2D eigenvalue weighted by Gasteiger charge is 2.29.